The molecule has 3 rings (SSSR count). The fraction of sp³-hybridized carbons (Fsp3) is 0.263. The third-order valence-corrected chi connectivity index (χ3v) is 4.34. The molecule has 0 spiro atoms. The molecule has 0 bridgehead atoms. The number of esters is 1. The van der Waals surface area contributed by atoms with Crippen molar-refractivity contribution in [2.75, 3.05) is 16.8 Å². The SMILES string of the molecule is C[C@@H](OC(=O)c1ccc(N2CCCC2=O)cc1)C(=O)Nc1ccc(Cl)cn1. The molecule has 1 atom stereocenters. The van der Waals surface area contributed by atoms with Gasteiger partial charge >= 0.3 is 5.97 Å². The molecule has 0 radical (unpaired) electrons. The topological polar surface area (TPSA) is 88.6 Å². The Morgan fingerprint density at radius 3 is 2.56 bits per heavy atom. The van der Waals surface area contributed by atoms with Crippen molar-refractivity contribution in [3.63, 3.8) is 0 Å². The molecule has 1 aliphatic heterocycles. The first-order valence-electron chi connectivity index (χ1n) is 8.48. The molecule has 0 unspecified atom stereocenters. The summed E-state index contributed by atoms with van der Waals surface area (Å²) in [6, 6.07) is 9.69. The highest BCUT2D eigenvalue weighted by Crippen LogP contribution is 2.22. The van der Waals surface area contributed by atoms with Crippen LogP contribution >= 0.6 is 11.6 Å². The van der Waals surface area contributed by atoms with E-state index in [0.29, 0.717) is 29.4 Å². The van der Waals surface area contributed by atoms with E-state index in [-0.39, 0.29) is 5.91 Å². The van der Waals surface area contributed by atoms with E-state index in [0.717, 1.165) is 12.1 Å². The minimum Gasteiger partial charge on any atom is -0.449 e. The number of ether oxygens (including phenoxy) is 1. The highest BCUT2D eigenvalue weighted by atomic mass is 35.5. The normalized spacial score (nSPS) is 14.7. The number of benzene rings is 1. The van der Waals surface area contributed by atoms with Crippen molar-refractivity contribution in [1.82, 2.24) is 4.98 Å². The van der Waals surface area contributed by atoms with Gasteiger partial charge in [0.2, 0.25) is 5.91 Å². The molecule has 1 aromatic heterocycles. The van der Waals surface area contributed by atoms with Crippen molar-refractivity contribution in [3.05, 3.63) is 53.2 Å². The lowest BCUT2D eigenvalue weighted by atomic mass is 10.2. The lowest BCUT2D eigenvalue weighted by Gasteiger charge is -2.16. The minimum atomic E-state index is -1.00. The molecule has 140 valence electrons. The monoisotopic (exact) mass is 387 g/mol. The number of nitrogens with zero attached hydrogens (tertiary/aromatic N) is 2. The highest BCUT2D eigenvalue weighted by Gasteiger charge is 2.23. The van der Waals surface area contributed by atoms with Gasteiger partial charge in [0.15, 0.2) is 6.10 Å². The molecule has 1 saturated heterocycles. The summed E-state index contributed by atoms with van der Waals surface area (Å²) in [7, 11) is 0. The molecule has 1 aromatic carbocycles. The number of pyridine rings is 1. The molecule has 2 heterocycles. The van der Waals surface area contributed by atoms with E-state index < -0.39 is 18.0 Å². The van der Waals surface area contributed by atoms with Crippen molar-refractivity contribution >= 4 is 40.9 Å². The Hall–Kier alpha value is -2.93. The van der Waals surface area contributed by atoms with Crippen LogP contribution in [0.2, 0.25) is 5.02 Å². The van der Waals surface area contributed by atoms with Gasteiger partial charge in [-0.1, -0.05) is 11.6 Å². The Bertz CT molecular complexity index is 852. The van der Waals surface area contributed by atoms with Crippen molar-refractivity contribution < 1.29 is 19.1 Å². The number of nitrogens with one attached hydrogen (secondary N) is 1. The predicted molar refractivity (Wildman–Crippen MR) is 101 cm³/mol. The summed E-state index contributed by atoms with van der Waals surface area (Å²) in [5.74, 6) is -0.739. The van der Waals surface area contributed by atoms with Gasteiger partial charge in [-0.15, -0.1) is 0 Å². The maximum Gasteiger partial charge on any atom is 0.338 e. The number of carbonyl (C=O) groups is 3. The van der Waals surface area contributed by atoms with Gasteiger partial charge in [0.05, 0.1) is 10.6 Å². The summed E-state index contributed by atoms with van der Waals surface area (Å²) in [5, 5.41) is 3.00. The van der Waals surface area contributed by atoms with E-state index in [2.05, 4.69) is 10.3 Å². The quantitative estimate of drug-likeness (QED) is 0.796. The molecule has 2 aromatic rings. The minimum absolute atomic E-state index is 0.0754. The fourth-order valence-electron chi connectivity index (χ4n) is 2.66. The van der Waals surface area contributed by atoms with Crippen molar-refractivity contribution in [3.8, 4) is 0 Å². The smallest absolute Gasteiger partial charge is 0.338 e. The first-order valence-corrected chi connectivity index (χ1v) is 8.85. The number of halogens is 1. The van der Waals surface area contributed by atoms with Gasteiger partial charge in [-0.25, -0.2) is 9.78 Å². The van der Waals surface area contributed by atoms with Crippen LogP contribution in [0, 0.1) is 0 Å². The zero-order valence-electron chi connectivity index (χ0n) is 14.6. The maximum absolute atomic E-state index is 12.2. The number of anilines is 2. The van der Waals surface area contributed by atoms with Crippen LogP contribution in [0.15, 0.2) is 42.6 Å². The second-order valence-electron chi connectivity index (χ2n) is 6.09. The molecule has 1 aliphatic rings. The summed E-state index contributed by atoms with van der Waals surface area (Å²) in [6.07, 6.45) is 1.77. The highest BCUT2D eigenvalue weighted by molar-refractivity contribution is 6.30. The lowest BCUT2D eigenvalue weighted by Crippen LogP contribution is -2.30. The van der Waals surface area contributed by atoms with Crippen LogP contribution in [-0.4, -0.2) is 35.4 Å². The molecule has 8 heteroatoms. The average Bonchev–Trinajstić information content (AvgIpc) is 3.09. The van der Waals surface area contributed by atoms with Crippen LogP contribution in [-0.2, 0) is 14.3 Å². The van der Waals surface area contributed by atoms with Crippen LogP contribution in [0.4, 0.5) is 11.5 Å². The van der Waals surface area contributed by atoms with Crippen LogP contribution < -0.4 is 10.2 Å². The van der Waals surface area contributed by atoms with Gasteiger partial charge < -0.3 is 15.0 Å². The van der Waals surface area contributed by atoms with E-state index in [4.69, 9.17) is 16.3 Å². The van der Waals surface area contributed by atoms with Crippen molar-refractivity contribution in [2.45, 2.75) is 25.9 Å². The van der Waals surface area contributed by atoms with Crippen LogP contribution in [0.1, 0.15) is 30.1 Å². The molecule has 1 fully saturated rings. The van der Waals surface area contributed by atoms with E-state index in [1.54, 1.807) is 41.3 Å². The Kier molecular flexibility index (Phi) is 5.71. The van der Waals surface area contributed by atoms with Crippen LogP contribution in [0.5, 0.6) is 0 Å². The van der Waals surface area contributed by atoms with Crippen molar-refractivity contribution in [1.29, 1.82) is 0 Å². The molecule has 27 heavy (non-hydrogen) atoms. The molecule has 2 amide bonds. The summed E-state index contributed by atoms with van der Waals surface area (Å²) in [6.45, 7) is 2.15. The fourth-order valence-corrected chi connectivity index (χ4v) is 2.77. The summed E-state index contributed by atoms with van der Waals surface area (Å²) in [4.78, 5) is 41.8. The molecule has 7 nitrogen and oxygen atoms in total. The van der Waals surface area contributed by atoms with Gasteiger partial charge in [-0.2, -0.15) is 0 Å². The number of aromatic nitrogens is 1. The average molecular weight is 388 g/mol. The van der Waals surface area contributed by atoms with Gasteiger partial charge in [0, 0.05) is 24.8 Å². The third kappa shape index (κ3) is 4.62. The number of hydrogen-bond donors (Lipinski definition) is 1. The zero-order chi connectivity index (χ0) is 19.4. The number of hydrogen-bond acceptors (Lipinski definition) is 5. The second kappa shape index (κ2) is 8.18. The molecule has 0 saturated carbocycles. The lowest BCUT2D eigenvalue weighted by molar-refractivity contribution is -0.123. The van der Waals surface area contributed by atoms with E-state index >= 15 is 0 Å². The Balaban J connectivity index is 1.58. The largest absolute Gasteiger partial charge is 0.449 e. The summed E-state index contributed by atoms with van der Waals surface area (Å²) in [5.41, 5.74) is 1.04. The van der Waals surface area contributed by atoms with Crippen molar-refractivity contribution in [2.24, 2.45) is 0 Å². The summed E-state index contributed by atoms with van der Waals surface area (Å²) >= 11 is 5.74. The Labute approximate surface area is 161 Å². The van der Waals surface area contributed by atoms with Gasteiger partial charge in [0.25, 0.3) is 5.91 Å². The Morgan fingerprint density at radius 1 is 1.22 bits per heavy atom. The number of carbonyl (C=O) groups excluding carboxylic acids is 3. The molecular weight excluding hydrogens is 370 g/mol. The molecule has 1 N–H and O–H groups in total. The molecule has 0 aliphatic carbocycles. The standard InChI is InChI=1S/C19H18ClN3O4/c1-12(18(25)22-16-9-6-14(20)11-21-16)27-19(26)13-4-7-15(8-5-13)23-10-2-3-17(23)24/h4-9,11-12H,2-3,10H2,1H3,(H,21,22,25)/t12-/m1/s1. The second-order valence-corrected chi connectivity index (χ2v) is 6.53. The Morgan fingerprint density at radius 2 is 1.96 bits per heavy atom. The van der Waals surface area contributed by atoms with Crippen LogP contribution in [0.3, 0.4) is 0 Å². The van der Waals surface area contributed by atoms with Gasteiger partial charge in [-0.05, 0) is 49.7 Å². The summed E-state index contributed by atoms with van der Waals surface area (Å²) < 4.78 is 5.20. The predicted octanol–water partition coefficient (Wildman–Crippen LogP) is 3.05. The maximum atomic E-state index is 12.2. The first-order chi connectivity index (χ1) is 12.9. The molecular formula is C19H18ClN3O4. The van der Waals surface area contributed by atoms with Gasteiger partial charge in [-0.3, -0.25) is 9.59 Å². The van der Waals surface area contributed by atoms with Crippen LogP contribution in [0.25, 0.3) is 0 Å². The third-order valence-electron chi connectivity index (χ3n) is 4.12. The number of amides is 2. The number of rotatable bonds is 5. The van der Waals surface area contributed by atoms with E-state index in [1.165, 1.54) is 13.1 Å². The zero-order valence-corrected chi connectivity index (χ0v) is 15.4. The first kappa shape index (κ1) is 18.8. The van der Waals surface area contributed by atoms with E-state index in [9.17, 15) is 14.4 Å². The van der Waals surface area contributed by atoms with Gasteiger partial charge in [0.1, 0.15) is 5.82 Å². The van der Waals surface area contributed by atoms with E-state index in [1.807, 2.05) is 0 Å².